The third kappa shape index (κ3) is 1.73. The normalized spacial score (nSPS) is 38.7. The summed E-state index contributed by atoms with van der Waals surface area (Å²) in [6.07, 6.45) is 3.50. The lowest BCUT2D eigenvalue weighted by molar-refractivity contribution is -0.160. The third-order valence-electron chi connectivity index (χ3n) is 3.94. The van der Waals surface area contributed by atoms with Gasteiger partial charge in [-0.25, -0.2) is 0 Å². The molecule has 3 aliphatic carbocycles. The van der Waals surface area contributed by atoms with Gasteiger partial charge in [0.25, 0.3) is 0 Å². The molecule has 0 amide bonds. The zero-order valence-electron chi connectivity index (χ0n) is 8.81. The number of aliphatic carboxylic acids is 1. The van der Waals surface area contributed by atoms with Crippen molar-refractivity contribution in [1.82, 2.24) is 0 Å². The van der Waals surface area contributed by atoms with Crippen LogP contribution in [0.15, 0.2) is 0 Å². The molecule has 15 heavy (non-hydrogen) atoms. The van der Waals surface area contributed by atoms with Gasteiger partial charge < -0.3 is 9.84 Å². The maximum Gasteiger partial charge on any atom is 0.308 e. The van der Waals surface area contributed by atoms with Crippen LogP contribution in [0.4, 0.5) is 0 Å². The van der Waals surface area contributed by atoms with E-state index in [4.69, 9.17) is 9.84 Å². The smallest absolute Gasteiger partial charge is 0.308 e. The lowest BCUT2D eigenvalue weighted by Gasteiger charge is -2.44. The number of esters is 1. The quantitative estimate of drug-likeness (QED) is 0.701. The molecular weight excluding hydrogens is 196 g/mol. The Bertz CT molecular complexity index is 286. The summed E-state index contributed by atoms with van der Waals surface area (Å²) in [5.74, 6) is -1.08. The van der Waals surface area contributed by atoms with Crippen LogP contribution < -0.4 is 0 Å². The van der Waals surface area contributed by atoms with E-state index in [1.165, 1.54) is 7.11 Å². The number of hydrogen-bond donors (Lipinski definition) is 1. The molecule has 4 heteroatoms. The van der Waals surface area contributed by atoms with Gasteiger partial charge in [-0.1, -0.05) is 6.42 Å². The summed E-state index contributed by atoms with van der Waals surface area (Å²) in [4.78, 5) is 22.6. The van der Waals surface area contributed by atoms with Crippen molar-refractivity contribution in [2.75, 3.05) is 7.11 Å². The first kappa shape index (κ1) is 10.5. The van der Waals surface area contributed by atoms with Crippen LogP contribution in [-0.4, -0.2) is 24.2 Å². The fourth-order valence-electron chi connectivity index (χ4n) is 3.22. The first-order valence-electron chi connectivity index (χ1n) is 5.44. The Morgan fingerprint density at radius 3 is 2.40 bits per heavy atom. The number of hydrogen-bond acceptors (Lipinski definition) is 3. The molecule has 2 bridgehead atoms. The Hall–Kier alpha value is -1.06. The number of carboxylic acid groups (broad SMARTS) is 1. The van der Waals surface area contributed by atoms with Gasteiger partial charge in [-0.15, -0.1) is 0 Å². The predicted octanol–water partition coefficient (Wildman–Crippen LogP) is 1.30. The molecule has 0 unspecified atom stereocenters. The molecule has 3 aliphatic rings. The fourth-order valence-corrected chi connectivity index (χ4v) is 3.22. The van der Waals surface area contributed by atoms with Crippen molar-refractivity contribution in [2.24, 2.45) is 23.7 Å². The summed E-state index contributed by atoms with van der Waals surface area (Å²) >= 11 is 0. The average Bonchev–Trinajstić information content (AvgIpc) is 2.28. The molecule has 0 aromatic heterocycles. The monoisotopic (exact) mass is 212 g/mol. The van der Waals surface area contributed by atoms with Gasteiger partial charge in [-0.2, -0.15) is 0 Å². The zero-order chi connectivity index (χ0) is 11.0. The highest BCUT2D eigenvalue weighted by Gasteiger charge is 2.48. The average molecular weight is 212 g/mol. The van der Waals surface area contributed by atoms with E-state index in [0.29, 0.717) is 5.92 Å². The highest BCUT2D eigenvalue weighted by atomic mass is 16.5. The molecule has 0 spiro atoms. The molecule has 0 heterocycles. The van der Waals surface area contributed by atoms with E-state index in [2.05, 4.69) is 0 Å². The molecule has 0 aromatic rings. The van der Waals surface area contributed by atoms with Gasteiger partial charge in [0.2, 0.25) is 0 Å². The number of carbonyl (C=O) groups excluding carboxylic acids is 1. The van der Waals surface area contributed by atoms with Crippen molar-refractivity contribution in [1.29, 1.82) is 0 Å². The molecule has 1 N–H and O–H groups in total. The topological polar surface area (TPSA) is 63.6 Å². The van der Waals surface area contributed by atoms with Crippen molar-refractivity contribution < 1.29 is 19.4 Å². The highest BCUT2D eigenvalue weighted by Crippen LogP contribution is 2.48. The Morgan fingerprint density at radius 1 is 1.20 bits per heavy atom. The maximum atomic E-state index is 11.5. The second-order valence-electron chi connectivity index (χ2n) is 4.65. The molecule has 0 aromatic carbocycles. The highest BCUT2D eigenvalue weighted by molar-refractivity contribution is 5.76. The van der Waals surface area contributed by atoms with Crippen LogP contribution in [0.3, 0.4) is 0 Å². The van der Waals surface area contributed by atoms with Gasteiger partial charge in [-0.05, 0) is 31.1 Å². The van der Waals surface area contributed by atoms with Crippen LogP contribution in [-0.2, 0) is 14.3 Å². The van der Waals surface area contributed by atoms with E-state index in [9.17, 15) is 9.59 Å². The van der Waals surface area contributed by atoms with Gasteiger partial charge in [0, 0.05) is 0 Å². The van der Waals surface area contributed by atoms with Crippen LogP contribution in [0.1, 0.15) is 25.7 Å². The van der Waals surface area contributed by atoms with Crippen molar-refractivity contribution in [3.63, 3.8) is 0 Å². The summed E-state index contributed by atoms with van der Waals surface area (Å²) in [6.45, 7) is 0. The van der Waals surface area contributed by atoms with Gasteiger partial charge in [0.1, 0.15) is 0 Å². The van der Waals surface area contributed by atoms with E-state index in [0.717, 1.165) is 25.7 Å². The van der Waals surface area contributed by atoms with Crippen molar-refractivity contribution in [3.05, 3.63) is 0 Å². The van der Waals surface area contributed by atoms with E-state index in [1.54, 1.807) is 0 Å². The number of methoxy groups -OCH3 is 1. The number of fused-ring (bicyclic) bond motifs is 3. The fraction of sp³-hybridized carbons (Fsp3) is 0.818. The number of ether oxygens (including phenoxy) is 1. The van der Waals surface area contributed by atoms with Crippen LogP contribution in [0.2, 0.25) is 0 Å². The Balaban J connectivity index is 2.16. The van der Waals surface area contributed by atoms with Gasteiger partial charge in [0.15, 0.2) is 0 Å². The minimum absolute atomic E-state index is 0.0000463. The first-order valence-corrected chi connectivity index (χ1v) is 5.44. The summed E-state index contributed by atoms with van der Waals surface area (Å²) < 4.78 is 4.74. The second-order valence-corrected chi connectivity index (χ2v) is 4.65. The van der Waals surface area contributed by atoms with E-state index < -0.39 is 5.97 Å². The standard InChI is InChI=1S/C11H16O4/c1-15-11(14)9-5-6-2-3-7(9)8(4-6)10(12)13/h6-9H,2-5H2,1H3,(H,12,13)/t6-,7+,8-,9+/m0/s1. The first-order chi connectivity index (χ1) is 7.13. The molecule has 84 valence electrons. The zero-order valence-corrected chi connectivity index (χ0v) is 8.81. The Labute approximate surface area is 88.6 Å². The molecule has 3 saturated carbocycles. The molecule has 3 fully saturated rings. The van der Waals surface area contributed by atoms with Crippen molar-refractivity contribution in [3.8, 4) is 0 Å². The Kier molecular flexibility index (Phi) is 2.67. The van der Waals surface area contributed by atoms with Crippen LogP contribution in [0, 0.1) is 23.7 Å². The predicted molar refractivity (Wildman–Crippen MR) is 52.1 cm³/mol. The number of carboxylic acids is 1. The minimum atomic E-state index is -0.752. The largest absolute Gasteiger partial charge is 0.481 e. The van der Waals surface area contributed by atoms with Crippen molar-refractivity contribution in [2.45, 2.75) is 25.7 Å². The molecule has 0 radical (unpaired) electrons. The van der Waals surface area contributed by atoms with Gasteiger partial charge >= 0.3 is 11.9 Å². The third-order valence-corrected chi connectivity index (χ3v) is 3.94. The van der Waals surface area contributed by atoms with Crippen LogP contribution in [0.5, 0.6) is 0 Å². The summed E-state index contributed by atoms with van der Waals surface area (Å²) in [5.41, 5.74) is 0. The molecule has 0 saturated heterocycles. The van der Waals surface area contributed by atoms with E-state index in [1.807, 2.05) is 0 Å². The number of carbonyl (C=O) groups is 2. The number of rotatable bonds is 2. The molecule has 3 rings (SSSR count). The Morgan fingerprint density at radius 2 is 1.87 bits per heavy atom. The van der Waals surface area contributed by atoms with Crippen LogP contribution in [0.25, 0.3) is 0 Å². The molecule has 4 atom stereocenters. The van der Waals surface area contributed by atoms with Gasteiger partial charge in [0.05, 0.1) is 18.9 Å². The maximum absolute atomic E-state index is 11.5. The van der Waals surface area contributed by atoms with Crippen LogP contribution >= 0.6 is 0 Å². The molecule has 0 aliphatic heterocycles. The SMILES string of the molecule is COC(=O)[C@@H]1C[C@H]2CC[C@@H]1[C@@H](C(=O)O)C2. The second kappa shape index (κ2) is 3.83. The molecular formula is C11H16O4. The summed E-state index contributed by atoms with van der Waals surface area (Å²) in [7, 11) is 1.38. The van der Waals surface area contributed by atoms with E-state index in [-0.39, 0.29) is 23.7 Å². The minimum Gasteiger partial charge on any atom is -0.481 e. The van der Waals surface area contributed by atoms with Gasteiger partial charge in [-0.3, -0.25) is 9.59 Å². The lowest BCUT2D eigenvalue weighted by Crippen LogP contribution is -2.45. The summed E-state index contributed by atoms with van der Waals surface area (Å²) in [6, 6.07) is 0. The van der Waals surface area contributed by atoms with Crippen molar-refractivity contribution >= 4 is 11.9 Å². The summed E-state index contributed by atoms with van der Waals surface area (Å²) in [5, 5.41) is 9.08. The van der Waals surface area contributed by atoms with E-state index >= 15 is 0 Å². The molecule has 4 nitrogen and oxygen atoms in total. The lowest BCUT2D eigenvalue weighted by atomic mass is 9.59.